The van der Waals surface area contributed by atoms with Gasteiger partial charge in [-0.25, -0.2) is 9.18 Å². The summed E-state index contributed by atoms with van der Waals surface area (Å²) in [7, 11) is 0. The number of alkyl carbamates (subject to hydrolysis) is 1. The van der Waals surface area contributed by atoms with Crippen molar-refractivity contribution in [2.24, 2.45) is 0 Å². The van der Waals surface area contributed by atoms with Crippen molar-refractivity contribution in [3.8, 4) is 11.1 Å². The standard InChI is InChI=1S/C25H29FN2O5/c1-25(2,26)13-14-27-23(31)21(11-12-22(29)30)28-24(32)33-15-20-18-9-5-3-7-16(18)17-8-4-6-10-19(17)20/h3-10,20-21H,11-15H2,1-2H3,(H,27,31)(H,28,32)(H,29,30). The third-order valence-electron chi connectivity index (χ3n) is 5.62. The molecule has 3 rings (SSSR count). The number of carbonyl (C=O) groups excluding carboxylic acids is 2. The Morgan fingerprint density at radius 1 is 1.06 bits per heavy atom. The Morgan fingerprint density at radius 2 is 1.64 bits per heavy atom. The van der Waals surface area contributed by atoms with Crippen LogP contribution in [0, 0.1) is 0 Å². The minimum atomic E-state index is -1.45. The molecule has 1 aliphatic carbocycles. The van der Waals surface area contributed by atoms with Gasteiger partial charge in [0.05, 0.1) is 0 Å². The lowest BCUT2D eigenvalue weighted by Gasteiger charge is -2.20. The molecule has 2 aromatic rings. The summed E-state index contributed by atoms with van der Waals surface area (Å²) in [5.41, 5.74) is 2.85. The molecule has 8 heteroatoms. The molecule has 0 heterocycles. The summed E-state index contributed by atoms with van der Waals surface area (Å²) in [6.07, 6.45) is -1.14. The van der Waals surface area contributed by atoms with Crippen molar-refractivity contribution >= 4 is 18.0 Å². The third-order valence-corrected chi connectivity index (χ3v) is 5.62. The molecule has 33 heavy (non-hydrogen) atoms. The van der Waals surface area contributed by atoms with Crippen molar-refractivity contribution in [3.05, 3.63) is 59.7 Å². The summed E-state index contributed by atoms with van der Waals surface area (Å²) >= 11 is 0. The van der Waals surface area contributed by atoms with Crippen molar-refractivity contribution in [2.75, 3.05) is 13.2 Å². The lowest BCUT2D eigenvalue weighted by molar-refractivity contribution is -0.137. The van der Waals surface area contributed by atoms with Gasteiger partial charge in [0.2, 0.25) is 5.91 Å². The first-order valence-corrected chi connectivity index (χ1v) is 11.0. The first-order valence-electron chi connectivity index (χ1n) is 11.0. The number of hydrogen-bond donors (Lipinski definition) is 3. The van der Waals surface area contributed by atoms with E-state index >= 15 is 0 Å². The molecular weight excluding hydrogens is 427 g/mol. The number of carboxylic acids is 1. The molecule has 1 aliphatic rings. The Kier molecular flexibility index (Phi) is 7.68. The molecule has 176 valence electrons. The van der Waals surface area contributed by atoms with E-state index in [1.165, 1.54) is 13.8 Å². The van der Waals surface area contributed by atoms with Crippen LogP contribution < -0.4 is 10.6 Å². The highest BCUT2D eigenvalue weighted by Crippen LogP contribution is 2.44. The predicted octanol–water partition coefficient (Wildman–Crippen LogP) is 4.01. The molecule has 0 saturated heterocycles. The van der Waals surface area contributed by atoms with Crippen LogP contribution in [-0.2, 0) is 14.3 Å². The van der Waals surface area contributed by atoms with E-state index in [9.17, 15) is 18.8 Å². The van der Waals surface area contributed by atoms with E-state index in [0.29, 0.717) is 0 Å². The molecule has 0 fully saturated rings. The molecule has 0 saturated carbocycles. The van der Waals surface area contributed by atoms with Crippen LogP contribution in [0.2, 0.25) is 0 Å². The van der Waals surface area contributed by atoms with Crippen LogP contribution >= 0.6 is 0 Å². The molecule has 0 aliphatic heterocycles. The van der Waals surface area contributed by atoms with Crippen LogP contribution in [0.1, 0.15) is 50.2 Å². The van der Waals surface area contributed by atoms with E-state index in [-0.39, 0.29) is 38.3 Å². The number of benzene rings is 2. The Bertz CT molecular complexity index is 972. The second-order valence-electron chi connectivity index (χ2n) is 8.71. The molecule has 2 aromatic carbocycles. The molecule has 3 N–H and O–H groups in total. The van der Waals surface area contributed by atoms with Gasteiger partial charge in [-0.15, -0.1) is 0 Å². The number of carboxylic acid groups (broad SMARTS) is 1. The van der Waals surface area contributed by atoms with Gasteiger partial charge in [-0.2, -0.15) is 0 Å². The van der Waals surface area contributed by atoms with Crippen LogP contribution in [0.3, 0.4) is 0 Å². The van der Waals surface area contributed by atoms with Gasteiger partial charge in [0.25, 0.3) is 0 Å². The maximum absolute atomic E-state index is 13.6. The van der Waals surface area contributed by atoms with Crippen molar-refractivity contribution in [1.29, 1.82) is 0 Å². The molecule has 1 atom stereocenters. The smallest absolute Gasteiger partial charge is 0.407 e. The zero-order valence-corrected chi connectivity index (χ0v) is 18.8. The second-order valence-corrected chi connectivity index (χ2v) is 8.71. The highest BCUT2D eigenvalue weighted by molar-refractivity contribution is 5.86. The summed E-state index contributed by atoms with van der Waals surface area (Å²) in [6, 6.07) is 14.7. The molecular formula is C25H29FN2O5. The monoisotopic (exact) mass is 456 g/mol. The van der Waals surface area contributed by atoms with Gasteiger partial charge in [-0.05, 0) is 48.9 Å². The van der Waals surface area contributed by atoms with E-state index in [0.717, 1.165) is 22.3 Å². The summed E-state index contributed by atoms with van der Waals surface area (Å²) in [4.78, 5) is 35.9. The lowest BCUT2D eigenvalue weighted by atomic mass is 9.98. The van der Waals surface area contributed by atoms with Gasteiger partial charge in [-0.1, -0.05) is 48.5 Å². The van der Waals surface area contributed by atoms with E-state index < -0.39 is 29.7 Å². The van der Waals surface area contributed by atoms with Gasteiger partial charge in [0, 0.05) is 18.9 Å². The average Bonchev–Trinajstić information content (AvgIpc) is 3.08. The van der Waals surface area contributed by atoms with E-state index in [2.05, 4.69) is 10.6 Å². The second kappa shape index (κ2) is 10.5. The molecule has 0 aromatic heterocycles. The minimum Gasteiger partial charge on any atom is -0.481 e. The highest BCUT2D eigenvalue weighted by atomic mass is 19.1. The number of alkyl halides is 1. The lowest BCUT2D eigenvalue weighted by Crippen LogP contribution is -2.48. The first kappa shape index (κ1) is 24.2. The fourth-order valence-corrected chi connectivity index (χ4v) is 3.93. The molecule has 0 radical (unpaired) electrons. The number of aliphatic carboxylic acids is 1. The zero-order chi connectivity index (χ0) is 24.0. The Labute approximate surface area is 192 Å². The van der Waals surface area contributed by atoms with E-state index in [1.54, 1.807) is 0 Å². The van der Waals surface area contributed by atoms with Crippen LogP contribution in [0.4, 0.5) is 9.18 Å². The SMILES string of the molecule is CC(C)(F)CCNC(=O)C(CCC(=O)O)NC(=O)OCC1c2ccccc2-c2ccccc21. The van der Waals surface area contributed by atoms with Gasteiger partial charge >= 0.3 is 12.1 Å². The van der Waals surface area contributed by atoms with Crippen LogP contribution in [0.15, 0.2) is 48.5 Å². The average molecular weight is 457 g/mol. The Morgan fingerprint density at radius 3 is 2.18 bits per heavy atom. The molecule has 1 unspecified atom stereocenters. The van der Waals surface area contributed by atoms with Crippen molar-refractivity contribution in [1.82, 2.24) is 10.6 Å². The first-order chi connectivity index (χ1) is 15.7. The summed E-state index contributed by atoms with van der Waals surface area (Å²) in [6.45, 7) is 2.94. The maximum Gasteiger partial charge on any atom is 0.407 e. The Balaban J connectivity index is 1.62. The fourth-order valence-electron chi connectivity index (χ4n) is 3.93. The number of rotatable bonds is 10. The molecule has 0 spiro atoms. The van der Waals surface area contributed by atoms with Gasteiger partial charge in [-0.3, -0.25) is 9.59 Å². The zero-order valence-electron chi connectivity index (χ0n) is 18.8. The van der Waals surface area contributed by atoms with Crippen LogP contribution in [0.5, 0.6) is 0 Å². The van der Waals surface area contributed by atoms with E-state index in [4.69, 9.17) is 9.84 Å². The molecule has 7 nitrogen and oxygen atoms in total. The summed E-state index contributed by atoms with van der Waals surface area (Å²) in [5.74, 6) is -1.80. The minimum absolute atomic E-state index is 0.0677. The normalized spacial score (nSPS) is 13.5. The number of carbonyl (C=O) groups is 3. The summed E-state index contributed by atoms with van der Waals surface area (Å²) < 4.78 is 19.1. The summed E-state index contributed by atoms with van der Waals surface area (Å²) in [5, 5.41) is 14.0. The largest absolute Gasteiger partial charge is 0.481 e. The third kappa shape index (κ3) is 6.54. The van der Waals surface area contributed by atoms with Crippen LogP contribution in [0.25, 0.3) is 11.1 Å². The number of halogens is 1. The van der Waals surface area contributed by atoms with Crippen molar-refractivity contribution in [2.45, 2.75) is 50.7 Å². The number of amides is 2. The quantitative estimate of drug-likeness (QED) is 0.501. The topological polar surface area (TPSA) is 105 Å². The predicted molar refractivity (Wildman–Crippen MR) is 122 cm³/mol. The van der Waals surface area contributed by atoms with E-state index in [1.807, 2.05) is 48.5 Å². The Hall–Kier alpha value is -3.42. The molecule has 0 bridgehead atoms. The number of nitrogens with one attached hydrogen (secondary N) is 2. The van der Waals surface area contributed by atoms with Gasteiger partial charge in [0.1, 0.15) is 18.3 Å². The van der Waals surface area contributed by atoms with Crippen molar-refractivity contribution in [3.63, 3.8) is 0 Å². The molecule has 2 amide bonds. The van der Waals surface area contributed by atoms with Crippen LogP contribution in [-0.4, -0.2) is 47.9 Å². The van der Waals surface area contributed by atoms with Gasteiger partial charge < -0.3 is 20.5 Å². The van der Waals surface area contributed by atoms with Gasteiger partial charge in [0.15, 0.2) is 0 Å². The maximum atomic E-state index is 13.6. The fraction of sp³-hybridized carbons (Fsp3) is 0.400. The number of ether oxygens (including phenoxy) is 1. The number of hydrogen-bond acceptors (Lipinski definition) is 4. The van der Waals surface area contributed by atoms with Crippen molar-refractivity contribution < 1.29 is 28.6 Å². The highest BCUT2D eigenvalue weighted by Gasteiger charge is 2.30. The number of fused-ring (bicyclic) bond motifs is 3.